The van der Waals surface area contributed by atoms with E-state index in [4.69, 9.17) is 5.11 Å². The Morgan fingerprint density at radius 2 is 2.27 bits per heavy atom. The fourth-order valence-electron chi connectivity index (χ4n) is 1.83. The van der Waals surface area contributed by atoms with E-state index in [1.54, 1.807) is 17.9 Å². The van der Waals surface area contributed by atoms with Crippen LogP contribution in [-0.2, 0) is 20.1 Å². The van der Waals surface area contributed by atoms with Crippen molar-refractivity contribution in [2.45, 2.75) is 20.0 Å². The minimum absolute atomic E-state index is 0.276. The summed E-state index contributed by atoms with van der Waals surface area (Å²) in [5.41, 5.74) is 1.54. The van der Waals surface area contributed by atoms with Crippen molar-refractivity contribution in [1.29, 1.82) is 0 Å². The first-order valence-electron chi connectivity index (χ1n) is 4.91. The number of nitrogens with zero attached hydrogens (tertiary/aromatic N) is 2. The monoisotopic (exact) mass is 208 g/mol. The van der Waals surface area contributed by atoms with Gasteiger partial charge in [0.25, 0.3) is 0 Å². The summed E-state index contributed by atoms with van der Waals surface area (Å²) in [6, 6.07) is 1.89. The van der Waals surface area contributed by atoms with Crippen molar-refractivity contribution in [2.75, 3.05) is 0 Å². The average molecular weight is 208 g/mol. The molecular weight excluding hydrogens is 195 g/mol. The third kappa shape index (κ3) is 1.51. The van der Waals surface area contributed by atoms with Crippen molar-refractivity contribution in [2.24, 2.45) is 7.05 Å². The number of aliphatic hydroxyl groups excluding tert-OH is 1. The Morgan fingerprint density at radius 3 is 2.87 bits per heavy atom. The third-order valence-electron chi connectivity index (χ3n) is 2.59. The highest BCUT2D eigenvalue weighted by Gasteiger charge is 2.13. The summed E-state index contributed by atoms with van der Waals surface area (Å²) >= 11 is 0. The quantitative estimate of drug-likeness (QED) is 0.816. The Balaban J connectivity index is 2.80. The number of aromatic nitrogens is 2. The van der Waals surface area contributed by atoms with E-state index >= 15 is 0 Å². The summed E-state index contributed by atoms with van der Waals surface area (Å²) in [4.78, 5) is 0. The Morgan fingerprint density at radius 1 is 1.53 bits per heavy atom. The Bertz CT molecular complexity index is 505. The molecule has 2 rings (SSSR count). The average Bonchev–Trinajstić information content (AvgIpc) is 2.59. The molecular formula is C11H13FN2O. The number of aryl methyl sites for hydroxylation is 2. The smallest absolute Gasteiger partial charge is 0.157 e. The van der Waals surface area contributed by atoms with Crippen LogP contribution in [0.25, 0.3) is 10.9 Å². The molecule has 1 heterocycles. The highest BCUT2D eigenvalue weighted by molar-refractivity contribution is 5.80. The van der Waals surface area contributed by atoms with Crippen LogP contribution in [0.1, 0.15) is 18.1 Å². The second-order valence-electron chi connectivity index (χ2n) is 3.58. The van der Waals surface area contributed by atoms with Crippen LogP contribution >= 0.6 is 0 Å². The van der Waals surface area contributed by atoms with Gasteiger partial charge in [0.05, 0.1) is 6.61 Å². The van der Waals surface area contributed by atoms with Crippen LogP contribution < -0.4 is 0 Å². The first kappa shape index (κ1) is 10.1. The minimum atomic E-state index is -0.396. The molecule has 0 aliphatic rings. The van der Waals surface area contributed by atoms with Crippen molar-refractivity contribution < 1.29 is 9.50 Å². The van der Waals surface area contributed by atoms with E-state index in [9.17, 15) is 4.39 Å². The van der Waals surface area contributed by atoms with Crippen LogP contribution in [-0.4, -0.2) is 14.9 Å². The van der Waals surface area contributed by atoms with Crippen LogP contribution in [0.4, 0.5) is 4.39 Å². The van der Waals surface area contributed by atoms with Gasteiger partial charge in [-0.2, -0.15) is 5.10 Å². The number of hydrogen-bond donors (Lipinski definition) is 1. The number of aliphatic hydroxyl groups is 1. The lowest BCUT2D eigenvalue weighted by molar-refractivity contribution is 0.275. The van der Waals surface area contributed by atoms with E-state index in [1.807, 2.05) is 13.0 Å². The van der Waals surface area contributed by atoms with Gasteiger partial charge in [0.15, 0.2) is 5.82 Å². The standard InChI is InChI=1S/C11H13FN2O/c1-3-7-4-8-5-14(2)13-11(8)10(12)9(7)6-15/h4-5,15H,3,6H2,1-2H3. The van der Waals surface area contributed by atoms with E-state index in [0.717, 1.165) is 10.9 Å². The summed E-state index contributed by atoms with van der Waals surface area (Å²) < 4.78 is 15.5. The molecule has 0 saturated heterocycles. The third-order valence-corrected chi connectivity index (χ3v) is 2.59. The zero-order valence-electron chi connectivity index (χ0n) is 8.79. The summed E-state index contributed by atoms with van der Waals surface area (Å²) in [5.74, 6) is -0.396. The summed E-state index contributed by atoms with van der Waals surface area (Å²) in [5, 5.41) is 13.9. The van der Waals surface area contributed by atoms with Gasteiger partial charge in [0.1, 0.15) is 5.52 Å². The molecule has 0 fully saturated rings. The molecule has 0 bridgehead atoms. The highest BCUT2D eigenvalue weighted by atomic mass is 19.1. The molecule has 1 N–H and O–H groups in total. The molecule has 3 nitrogen and oxygen atoms in total. The van der Waals surface area contributed by atoms with E-state index in [0.29, 0.717) is 17.5 Å². The SMILES string of the molecule is CCc1cc2cn(C)nc2c(F)c1CO. The van der Waals surface area contributed by atoms with Gasteiger partial charge < -0.3 is 5.11 Å². The molecule has 0 aliphatic heterocycles. The predicted octanol–water partition coefficient (Wildman–Crippen LogP) is 1.77. The molecule has 0 atom stereocenters. The molecule has 2 aromatic rings. The normalized spacial score (nSPS) is 11.2. The second kappa shape index (κ2) is 3.62. The Labute approximate surface area is 87.1 Å². The van der Waals surface area contributed by atoms with Gasteiger partial charge in [0.2, 0.25) is 0 Å². The van der Waals surface area contributed by atoms with Crippen LogP contribution in [0.15, 0.2) is 12.3 Å². The second-order valence-corrected chi connectivity index (χ2v) is 3.58. The van der Waals surface area contributed by atoms with Gasteiger partial charge in [-0.25, -0.2) is 4.39 Å². The topological polar surface area (TPSA) is 38.0 Å². The fraction of sp³-hybridized carbons (Fsp3) is 0.364. The lowest BCUT2D eigenvalue weighted by Gasteiger charge is -2.06. The van der Waals surface area contributed by atoms with Crippen LogP contribution in [0.2, 0.25) is 0 Å². The summed E-state index contributed by atoms with van der Waals surface area (Å²) in [6.07, 6.45) is 2.48. The largest absolute Gasteiger partial charge is 0.392 e. The lowest BCUT2D eigenvalue weighted by Crippen LogP contribution is -1.98. The number of benzene rings is 1. The number of halogens is 1. The molecule has 15 heavy (non-hydrogen) atoms. The molecule has 4 heteroatoms. The number of rotatable bonds is 2. The van der Waals surface area contributed by atoms with Crippen LogP contribution in [0, 0.1) is 5.82 Å². The van der Waals surface area contributed by atoms with Gasteiger partial charge in [-0.15, -0.1) is 0 Å². The minimum Gasteiger partial charge on any atom is -0.392 e. The molecule has 0 amide bonds. The van der Waals surface area contributed by atoms with Crippen molar-refractivity contribution >= 4 is 10.9 Å². The first-order chi connectivity index (χ1) is 7.17. The molecule has 0 unspecified atom stereocenters. The zero-order valence-corrected chi connectivity index (χ0v) is 8.79. The number of hydrogen-bond acceptors (Lipinski definition) is 2. The molecule has 0 aliphatic carbocycles. The van der Waals surface area contributed by atoms with Gasteiger partial charge >= 0.3 is 0 Å². The number of fused-ring (bicyclic) bond motifs is 1. The van der Waals surface area contributed by atoms with Gasteiger partial charge in [-0.05, 0) is 18.1 Å². The van der Waals surface area contributed by atoms with Gasteiger partial charge in [-0.1, -0.05) is 6.92 Å². The van der Waals surface area contributed by atoms with Gasteiger partial charge in [0, 0.05) is 24.2 Å². The molecule has 0 saturated carbocycles. The van der Waals surface area contributed by atoms with Gasteiger partial charge in [-0.3, -0.25) is 4.68 Å². The Kier molecular flexibility index (Phi) is 2.44. The van der Waals surface area contributed by atoms with Crippen molar-refractivity contribution in [3.8, 4) is 0 Å². The maximum Gasteiger partial charge on any atom is 0.157 e. The molecule has 0 spiro atoms. The maximum atomic E-state index is 13.9. The Hall–Kier alpha value is -1.42. The maximum absolute atomic E-state index is 13.9. The van der Waals surface area contributed by atoms with Crippen molar-refractivity contribution in [3.05, 3.63) is 29.2 Å². The highest BCUT2D eigenvalue weighted by Crippen LogP contribution is 2.24. The predicted molar refractivity (Wildman–Crippen MR) is 56.0 cm³/mol. The first-order valence-corrected chi connectivity index (χ1v) is 4.91. The summed E-state index contributed by atoms with van der Waals surface area (Å²) in [6.45, 7) is 1.66. The van der Waals surface area contributed by atoms with E-state index in [2.05, 4.69) is 5.10 Å². The summed E-state index contributed by atoms with van der Waals surface area (Å²) in [7, 11) is 1.75. The van der Waals surface area contributed by atoms with E-state index < -0.39 is 5.82 Å². The fourth-order valence-corrected chi connectivity index (χ4v) is 1.83. The van der Waals surface area contributed by atoms with Crippen molar-refractivity contribution in [3.63, 3.8) is 0 Å². The lowest BCUT2D eigenvalue weighted by atomic mass is 10.0. The van der Waals surface area contributed by atoms with Crippen LogP contribution in [0.3, 0.4) is 0 Å². The molecule has 1 aromatic carbocycles. The van der Waals surface area contributed by atoms with Crippen molar-refractivity contribution in [1.82, 2.24) is 9.78 Å². The zero-order chi connectivity index (χ0) is 11.0. The van der Waals surface area contributed by atoms with E-state index in [-0.39, 0.29) is 6.61 Å². The van der Waals surface area contributed by atoms with E-state index in [1.165, 1.54) is 0 Å². The molecule has 80 valence electrons. The van der Waals surface area contributed by atoms with Crippen LogP contribution in [0.5, 0.6) is 0 Å². The molecule has 0 radical (unpaired) electrons. The molecule has 1 aromatic heterocycles.